The van der Waals surface area contributed by atoms with Gasteiger partial charge in [-0.15, -0.1) is 11.3 Å². The van der Waals surface area contributed by atoms with Gasteiger partial charge in [0.25, 0.3) is 0 Å². The second kappa shape index (κ2) is 5.98. The smallest absolute Gasteiger partial charge is 0.0910 e. The Morgan fingerprint density at radius 1 is 1.17 bits per heavy atom. The van der Waals surface area contributed by atoms with Crippen molar-refractivity contribution in [1.29, 1.82) is 0 Å². The molecule has 1 fully saturated rings. The summed E-state index contributed by atoms with van der Waals surface area (Å²) in [7, 11) is 0. The number of rotatable bonds is 2. The number of aliphatic hydroxyl groups excluding tert-OH is 1. The Balaban J connectivity index is 1.74. The zero-order valence-electron chi connectivity index (χ0n) is 10.9. The maximum Gasteiger partial charge on any atom is 0.0910 e. The van der Waals surface area contributed by atoms with Gasteiger partial charge in [-0.1, -0.05) is 25.7 Å². The van der Waals surface area contributed by atoms with Gasteiger partial charge in [0.05, 0.1) is 6.10 Å². The Morgan fingerprint density at radius 3 is 2.67 bits per heavy atom. The fourth-order valence-corrected chi connectivity index (χ4v) is 5.63. The maximum absolute atomic E-state index is 10.6. The minimum atomic E-state index is -0.191. The van der Waals surface area contributed by atoms with Crippen LogP contribution in [-0.2, 0) is 12.2 Å². The largest absolute Gasteiger partial charge is 0.387 e. The molecule has 0 saturated heterocycles. The van der Waals surface area contributed by atoms with E-state index in [1.54, 1.807) is 0 Å². The maximum atomic E-state index is 10.6. The number of thioether (sulfide) groups is 1. The average Bonchev–Trinajstić information content (AvgIpc) is 2.64. The minimum Gasteiger partial charge on any atom is -0.387 e. The standard InChI is InChI=1S/C15H22OS2/c16-15(11-5-3-1-2-4-6-11)14-9-12-10-17-8-7-13(12)18-14/h9,11,15-16H,1-8,10H2. The summed E-state index contributed by atoms with van der Waals surface area (Å²) in [4.78, 5) is 2.78. The van der Waals surface area contributed by atoms with Crippen molar-refractivity contribution in [2.45, 2.75) is 56.8 Å². The number of aryl methyl sites for hydroxylation is 1. The van der Waals surface area contributed by atoms with E-state index in [4.69, 9.17) is 0 Å². The van der Waals surface area contributed by atoms with E-state index >= 15 is 0 Å². The monoisotopic (exact) mass is 282 g/mol. The van der Waals surface area contributed by atoms with E-state index < -0.39 is 0 Å². The summed E-state index contributed by atoms with van der Waals surface area (Å²) in [5, 5.41) is 10.6. The molecule has 18 heavy (non-hydrogen) atoms. The van der Waals surface area contributed by atoms with Crippen molar-refractivity contribution in [3.8, 4) is 0 Å². The molecule has 1 atom stereocenters. The molecule has 0 aromatic carbocycles. The van der Waals surface area contributed by atoms with Gasteiger partial charge < -0.3 is 5.11 Å². The quantitative estimate of drug-likeness (QED) is 0.804. The molecule has 1 aliphatic heterocycles. The van der Waals surface area contributed by atoms with Gasteiger partial charge in [0.1, 0.15) is 0 Å². The molecule has 1 N–H and O–H groups in total. The van der Waals surface area contributed by atoms with Crippen LogP contribution in [0.5, 0.6) is 0 Å². The lowest BCUT2D eigenvalue weighted by molar-refractivity contribution is 0.102. The lowest BCUT2D eigenvalue weighted by atomic mass is 9.93. The summed E-state index contributed by atoms with van der Waals surface area (Å²) in [5.74, 6) is 2.93. The van der Waals surface area contributed by atoms with Crippen LogP contribution in [-0.4, -0.2) is 10.9 Å². The predicted octanol–water partition coefficient (Wildman–Crippen LogP) is 4.54. The van der Waals surface area contributed by atoms with Crippen LogP contribution in [0.25, 0.3) is 0 Å². The molecule has 0 spiro atoms. The summed E-state index contributed by atoms with van der Waals surface area (Å²) in [5.41, 5.74) is 1.50. The first-order valence-corrected chi connectivity index (χ1v) is 9.19. The lowest BCUT2D eigenvalue weighted by Crippen LogP contribution is -2.10. The van der Waals surface area contributed by atoms with Crippen LogP contribution in [0.4, 0.5) is 0 Å². The molecule has 0 amide bonds. The van der Waals surface area contributed by atoms with Crippen molar-refractivity contribution in [2.24, 2.45) is 5.92 Å². The molecule has 1 aromatic heterocycles. The molecule has 1 nitrogen and oxygen atoms in total. The fourth-order valence-electron chi connectivity index (χ4n) is 3.17. The van der Waals surface area contributed by atoms with Crippen molar-refractivity contribution in [3.05, 3.63) is 21.4 Å². The number of hydrogen-bond acceptors (Lipinski definition) is 3. The summed E-state index contributed by atoms with van der Waals surface area (Å²) >= 11 is 3.91. The summed E-state index contributed by atoms with van der Waals surface area (Å²) in [6.07, 6.45) is 8.80. The summed E-state index contributed by atoms with van der Waals surface area (Å²) in [6.45, 7) is 0. The van der Waals surface area contributed by atoms with E-state index in [1.807, 2.05) is 23.1 Å². The fraction of sp³-hybridized carbons (Fsp3) is 0.733. The highest BCUT2D eigenvalue weighted by molar-refractivity contribution is 7.98. The van der Waals surface area contributed by atoms with Crippen LogP contribution in [0, 0.1) is 5.92 Å². The molecule has 1 saturated carbocycles. The van der Waals surface area contributed by atoms with Crippen LogP contribution in [0.2, 0.25) is 0 Å². The highest BCUT2D eigenvalue weighted by Gasteiger charge is 2.25. The van der Waals surface area contributed by atoms with E-state index in [9.17, 15) is 5.11 Å². The van der Waals surface area contributed by atoms with Gasteiger partial charge >= 0.3 is 0 Å². The Labute approximate surface area is 118 Å². The predicted molar refractivity (Wildman–Crippen MR) is 80.3 cm³/mol. The Kier molecular flexibility index (Phi) is 4.32. The zero-order chi connectivity index (χ0) is 12.4. The first-order valence-electron chi connectivity index (χ1n) is 7.22. The van der Waals surface area contributed by atoms with Crippen LogP contribution < -0.4 is 0 Å². The van der Waals surface area contributed by atoms with E-state index in [2.05, 4.69) is 6.07 Å². The van der Waals surface area contributed by atoms with Crippen LogP contribution in [0.1, 0.15) is 59.9 Å². The van der Waals surface area contributed by atoms with Crippen molar-refractivity contribution in [3.63, 3.8) is 0 Å². The number of aliphatic hydroxyl groups is 1. The molecule has 1 unspecified atom stereocenters. The van der Waals surface area contributed by atoms with E-state index in [0.717, 1.165) is 5.75 Å². The Morgan fingerprint density at radius 2 is 1.94 bits per heavy atom. The second-order valence-corrected chi connectivity index (χ2v) is 7.87. The molecule has 100 valence electrons. The van der Waals surface area contributed by atoms with E-state index in [0.29, 0.717) is 5.92 Å². The lowest BCUT2D eigenvalue weighted by Gasteiger charge is -2.19. The first-order chi connectivity index (χ1) is 8.84. The second-order valence-electron chi connectivity index (χ2n) is 5.60. The molecule has 1 aliphatic carbocycles. The molecule has 2 aliphatic rings. The highest BCUT2D eigenvalue weighted by Crippen LogP contribution is 2.40. The zero-order valence-corrected chi connectivity index (χ0v) is 12.5. The molecule has 3 rings (SSSR count). The number of thiophene rings is 1. The third-order valence-corrected chi connectivity index (χ3v) is 6.60. The highest BCUT2D eigenvalue weighted by atomic mass is 32.2. The van der Waals surface area contributed by atoms with Crippen molar-refractivity contribution < 1.29 is 5.11 Å². The topological polar surface area (TPSA) is 20.2 Å². The molecular weight excluding hydrogens is 260 g/mol. The van der Waals surface area contributed by atoms with Crippen molar-refractivity contribution >= 4 is 23.1 Å². The summed E-state index contributed by atoms with van der Waals surface area (Å²) in [6, 6.07) is 2.29. The van der Waals surface area contributed by atoms with Gasteiger partial charge in [0.15, 0.2) is 0 Å². The normalized spacial score (nSPS) is 23.4. The average molecular weight is 282 g/mol. The van der Waals surface area contributed by atoms with Crippen LogP contribution in [0.3, 0.4) is 0 Å². The minimum absolute atomic E-state index is 0.191. The molecule has 1 aromatic rings. The molecule has 0 bridgehead atoms. The summed E-state index contributed by atoms with van der Waals surface area (Å²) < 4.78 is 0. The van der Waals surface area contributed by atoms with E-state index in [1.165, 1.54) is 66.0 Å². The van der Waals surface area contributed by atoms with E-state index in [-0.39, 0.29) is 6.10 Å². The van der Waals surface area contributed by atoms with Crippen molar-refractivity contribution in [1.82, 2.24) is 0 Å². The molecular formula is C15H22OS2. The van der Waals surface area contributed by atoms with Gasteiger partial charge in [-0.2, -0.15) is 11.8 Å². The third kappa shape index (κ3) is 2.78. The third-order valence-electron chi connectivity index (χ3n) is 4.28. The van der Waals surface area contributed by atoms with Gasteiger partial charge in [-0.3, -0.25) is 0 Å². The number of hydrogen-bond donors (Lipinski definition) is 1. The van der Waals surface area contributed by atoms with Crippen LogP contribution >= 0.6 is 23.1 Å². The molecule has 2 heterocycles. The molecule has 0 radical (unpaired) electrons. The van der Waals surface area contributed by atoms with Gasteiger partial charge in [0, 0.05) is 15.5 Å². The van der Waals surface area contributed by atoms with Gasteiger partial charge in [-0.25, -0.2) is 0 Å². The Bertz CT molecular complexity index is 368. The van der Waals surface area contributed by atoms with Crippen molar-refractivity contribution in [2.75, 3.05) is 5.75 Å². The number of fused-ring (bicyclic) bond motifs is 1. The van der Waals surface area contributed by atoms with Gasteiger partial charge in [0.2, 0.25) is 0 Å². The van der Waals surface area contributed by atoms with Gasteiger partial charge in [-0.05, 0) is 42.6 Å². The Hall–Kier alpha value is 0.01000. The van der Waals surface area contributed by atoms with Crippen LogP contribution in [0.15, 0.2) is 6.07 Å². The molecule has 3 heteroatoms. The SMILES string of the molecule is OC(c1cc2c(s1)CCSC2)C1CCCCCC1. The first kappa shape index (κ1) is 13.0.